The number of ether oxygens (including phenoxy) is 1. The van der Waals surface area contributed by atoms with Crippen molar-refractivity contribution >= 4 is 48.7 Å². The van der Waals surface area contributed by atoms with Crippen molar-refractivity contribution in [1.29, 1.82) is 0 Å². The van der Waals surface area contributed by atoms with Gasteiger partial charge >= 0.3 is 5.97 Å². The van der Waals surface area contributed by atoms with Crippen LogP contribution in [-0.4, -0.2) is 42.7 Å². The van der Waals surface area contributed by atoms with E-state index in [1.807, 2.05) is 0 Å². The van der Waals surface area contributed by atoms with Gasteiger partial charge in [-0.05, 0) is 42.0 Å². The number of anilines is 2. The maximum atomic E-state index is 12.7. The fourth-order valence-electron chi connectivity index (χ4n) is 2.92. The molecule has 0 atom stereocenters. The van der Waals surface area contributed by atoms with Crippen molar-refractivity contribution < 1.29 is 26.4 Å². The number of carbonyl (C=O) groups is 1. The number of methoxy groups -OCH3 is 1. The summed E-state index contributed by atoms with van der Waals surface area (Å²) < 4.78 is 57.6. The lowest BCUT2D eigenvalue weighted by Gasteiger charge is -2.29. The van der Waals surface area contributed by atoms with Crippen LogP contribution in [0.2, 0.25) is 0 Å². The van der Waals surface area contributed by atoms with Crippen molar-refractivity contribution in [2.75, 3.05) is 28.9 Å². The summed E-state index contributed by atoms with van der Waals surface area (Å²) in [6, 6.07) is 6.16. The molecule has 1 N–H and O–H groups in total. The van der Waals surface area contributed by atoms with Gasteiger partial charge in [-0.25, -0.2) is 21.6 Å². The van der Waals surface area contributed by atoms with E-state index in [4.69, 9.17) is 0 Å². The molecule has 11 heteroatoms. The molecule has 146 valence electrons. The number of esters is 1. The molecule has 27 heavy (non-hydrogen) atoms. The van der Waals surface area contributed by atoms with Crippen molar-refractivity contribution in [3.8, 4) is 0 Å². The second-order valence-corrected chi connectivity index (χ2v) is 10.7. The van der Waals surface area contributed by atoms with Crippen LogP contribution in [0.5, 0.6) is 0 Å². The number of rotatable bonds is 5. The SMILES string of the molecule is COC(=O)c1ccsc1S(=O)(=O)Nc1ccc2c(c1)N(S(C)(=O)=O)CCC2. The van der Waals surface area contributed by atoms with E-state index in [1.54, 1.807) is 12.1 Å². The third kappa shape index (κ3) is 3.94. The van der Waals surface area contributed by atoms with Crippen LogP contribution in [0.15, 0.2) is 33.9 Å². The van der Waals surface area contributed by atoms with E-state index in [0.29, 0.717) is 25.1 Å². The number of nitrogens with one attached hydrogen (secondary N) is 1. The van der Waals surface area contributed by atoms with Gasteiger partial charge in [0.15, 0.2) is 4.21 Å². The Balaban J connectivity index is 1.97. The summed E-state index contributed by atoms with van der Waals surface area (Å²) in [6.07, 6.45) is 2.53. The molecule has 8 nitrogen and oxygen atoms in total. The molecule has 2 aromatic rings. The monoisotopic (exact) mass is 430 g/mol. The van der Waals surface area contributed by atoms with E-state index >= 15 is 0 Å². The first kappa shape index (κ1) is 19.6. The third-order valence-electron chi connectivity index (χ3n) is 4.09. The van der Waals surface area contributed by atoms with Gasteiger partial charge in [0.2, 0.25) is 10.0 Å². The van der Waals surface area contributed by atoms with E-state index in [9.17, 15) is 21.6 Å². The van der Waals surface area contributed by atoms with Gasteiger partial charge in [0.25, 0.3) is 10.0 Å². The van der Waals surface area contributed by atoms with Crippen LogP contribution in [-0.2, 0) is 31.2 Å². The largest absolute Gasteiger partial charge is 0.465 e. The van der Waals surface area contributed by atoms with Crippen molar-refractivity contribution in [2.24, 2.45) is 0 Å². The highest BCUT2D eigenvalue weighted by atomic mass is 32.2. The normalized spacial score (nSPS) is 14.5. The number of hydrogen-bond donors (Lipinski definition) is 1. The number of benzene rings is 1. The minimum absolute atomic E-state index is 0.0503. The van der Waals surface area contributed by atoms with E-state index in [-0.39, 0.29) is 15.5 Å². The van der Waals surface area contributed by atoms with Crippen molar-refractivity contribution in [1.82, 2.24) is 0 Å². The molecule has 0 aliphatic carbocycles. The highest BCUT2D eigenvalue weighted by Crippen LogP contribution is 2.33. The lowest BCUT2D eigenvalue weighted by Crippen LogP contribution is -2.34. The predicted molar refractivity (Wildman–Crippen MR) is 103 cm³/mol. The molecule has 1 aliphatic heterocycles. The Bertz CT molecular complexity index is 1090. The van der Waals surface area contributed by atoms with Crippen LogP contribution in [0.25, 0.3) is 0 Å². The van der Waals surface area contributed by atoms with Crippen LogP contribution in [0.3, 0.4) is 0 Å². The Morgan fingerprint density at radius 2 is 1.96 bits per heavy atom. The molecule has 0 spiro atoms. The molecule has 0 fully saturated rings. The Kier molecular flexibility index (Phi) is 5.19. The first-order valence-corrected chi connectivity index (χ1v) is 12.1. The number of nitrogens with zero attached hydrogens (tertiary/aromatic N) is 1. The molecular formula is C16H18N2O6S3. The summed E-state index contributed by atoms with van der Waals surface area (Å²) in [5, 5.41) is 1.49. The van der Waals surface area contributed by atoms with Gasteiger partial charge in [-0.3, -0.25) is 9.03 Å². The average Bonchev–Trinajstić information content (AvgIpc) is 3.10. The standard InChI is InChI=1S/C16H18N2O6S3/c1-24-15(19)13-7-9-25-16(13)27(22,23)17-12-6-5-11-4-3-8-18(14(11)10-12)26(2,20)21/h5-7,9-10,17H,3-4,8H2,1-2H3. The number of aryl methyl sites for hydroxylation is 1. The maximum absolute atomic E-state index is 12.7. The highest BCUT2D eigenvalue weighted by molar-refractivity contribution is 7.94. The van der Waals surface area contributed by atoms with Gasteiger partial charge in [-0.1, -0.05) is 6.07 Å². The molecule has 0 saturated carbocycles. The summed E-state index contributed by atoms with van der Waals surface area (Å²) in [4.78, 5) is 11.8. The fourth-order valence-corrected chi connectivity index (χ4v) is 6.28. The van der Waals surface area contributed by atoms with Gasteiger partial charge in [0.05, 0.1) is 30.3 Å². The smallest absolute Gasteiger partial charge is 0.340 e. The van der Waals surface area contributed by atoms with Crippen LogP contribution in [0.4, 0.5) is 11.4 Å². The predicted octanol–water partition coefficient (Wildman–Crippen LogP) is 2.05. The number of fused-ring (bicyclic) bond motifs is 1. The quantitative estimate of drug-likeness (QED) is 0.727. The molecule has 0 radical (unpaired) electrons. The van der Waals surface area contributed by atoms with Crippen LogP contribution in [0.1, 0.15) is 22.3 Å². The van der Waals surface area contributed by atoms with Gasteiger partial charge in [0.1, 0.15) is 0 Å². The molecule has 0 bridgehead atoms. The second kappa shape index (κ2) is 7.13. The second-order valence-electron chi connectivity index (χ2n) is 6.00. The van der Waals surface area contributed by atoms with E-state index in [2.05, 4.69) is 9.46 Å². The number of carbonyl (C=O) groups excluding carboxylic acids is 1. The Morgan fingerprint density at radius 3 is 2.63 bits per heavy atom. The molecule has 2 heterocycles. The van der Waals surface area contributed by atoms with E-state index in [1.165, 1.54) is 28.9 Å². The van der Waals surface area contributed by atoms with Gasteiger partial charge in [-0.15, -0.1) is 11.3 Å². The number of sulfonamides is 2. The zero-order chi connectivity index (χ0) is 19.8. The summed E-state index contributed by atoms with van der Waals surface area (Å²) in [5.41, 5.74) is 1.46. The minimum Gasteiger partial charge on any atom is -0.465 e. The third-order valence-corrected chi connectivity index (χ3v) is 8.14. The zero-order valence-corrected chi connectivity index (χ0v) is 17.1. The van der Waals surface area contributed by atoms with Crippen molar-refractivity contribution in [2.45, 2.75) is 17.1 Å². The van der Waals surface area contributed by atoms with Gasteiger partial charge < -0.3 is 4.74 Å². The average molecular weight is 431 g/mol. The first-order valence-electron chi connectivity index (χ1n) is 7.93. The summed E-state index contributed by atoms with van der Waals surface area (Å²) in [5.74, 6) is -0.745. The Morgan fingerprint density at radius 1 is 1.22 bits per heavy atom. The summed E-state index contributed by atoms with van der Waals surface area (Å²) >= 11 is 0.895. The van der Waals surface area contributed by atoms with Crippen LogP contribution in [0, 0.1) is 0 Å². The molecular weight excluding hydrogens is 412 g/mol. The van der Waals surface area contributed by atoms with Crippen molar-refractivity contribution in [3.63, 3.8) is 0 Å². The van der Waals surface area contributed by atoms with Gasteiger partial charge in [-0.2, -0.15) is 0 Å². The molecule has 3 rings (SSSR count). The molecule has 0 unspecified atom stereocenters. The maximum Gasteiger partial charge on any atom is 0.340 e. The minimum atomic E-state index is -4.04. The lowest BCUT2D eigenvalue weighted by molar-refractivity contribution is 0.0597. The summed E-state index contributed by atoms with van der Waals surface area (Å²) in [6.45, 7) is 0.347. The fraction of sp³-hybridized carbons (Fsp3) is 0.312. The molecule has 1 aromatic carbocycles. The van der Waals surface area contributed by atoms with Crippen LogP contribution < -0.4 is 9.03 Å². The number of hydrogen-bond acceptors (Lipinski definition) is 7. The zero-order valence-electron chi connectivity index (χ0n) is 14.6. The van der Waals surface area contributed by atoms with Crippen molar-refractivity contribution in [3.05, 3.63) is 40.8 Å². The lowest BCUT2D eigenvalue weighted by atomic mass is 10.0. The van der Waals surface area contributed by atoms with Crippen LogP contribution >= 0.6 is 11.3 Å². The Labute approximate surface area is 161 Å². The topological polar surface area (TPSA) is 110 Å². The van der Waals surface area contributed by atoms with Gasteiger partial charge in [0, 0.05) is 6.54 Å². The van der Waals surface area contributed by atoms with E-state index < -0.39 is 26.0 Å². The molecule has 0 amide bonds. The number of thiophene rings is 1. The molecule has 1 aliphatic rings. The molecule has 0 saturated heterocycles. The molecule has 1 aromatic heterocycles. The first-order chi connectivity index (χ1) is 12.6. The summed E-state index contributed by atoms with van der Waals surface area (Å²) in [7, 11) is -6.33. The highest BCUT2D eigenvalue weighted by Gasteiger charge is 2.27. The van der Waals surface area contributed by atoms with E-state index in [0.717, 1.165) is 23.2 Å². The Hall–Kier alpha value is -2.11.